The summed E-state index contributed by atoms with van der Waals surface area (Å²) in [5, 5.41) is 2.45. The van der Waals surface area contributed by atoms with E-state index in [-0.39, 0.29) is 16.8 Å². The van der Waals surface area contributed by atoms with Crippen LogP contribution in [-0.2, 0) is 4.79 Å². The van der Waals surface area contributed by atoms with Gasteiger partial charge in [0.05, 0.1) is 6.04 Å². The van der Waals surface area contributed by atoms with Gasteiger partial charge in [-0.1, -0.05) is 0 Å². The molecule has 0 radical (unpaired) electrons. The maximum Gasteiger partial charge on any atom is 0.248 e. The van der Waals surface area contributed by atoms with Crippen LogP contribution in [0.4, 0.5) is 5.69 Å². The number of benzene rings is 1. The topological polar surface area (TPSA) is 141 Å². The number of anilines is 1. The standard InChI is InChI=1S/C11H14N4O3/c1-5(12)11(18)15-8-3-6(9(13)16)2-7(4-8)10(14)17/h2-5H,12H2,1H3,(H2,13,16)(H2,14,17)(H,15,18)/t5-/m0/s1. The summed E-state index contributed by atoms with van der Waals surface area (Å²) in [6.07, 6.45) is 0. The fourth-order valence-electron chi connectivity index (χ4n) is 1.24. The fourth-order valence-corrected chi connectivity index (χ4v) is 1.24. The molecule has 18 heavy (non-hydrogen) atoms. The molecule has 0 aliphatic heterocycles. The third-order valence-corrected chi connectivity index (χ3v) is 2.18. The highest BCUT2D eigenvalue weighted by molar-refractivity contribution is 6.02. The lowest BCUT2D eigenvalue weighted by molar-refractivity contribution is -0.117. The van der Waals surface area contributed by atoms with E-state index in [1.54, 1.807) is 0 Å². The Labute approximate surface area is 103 Å². The van der Waals surface area contributed by atoms with Gasteiger partial charge in [0.15, 0.2) is 0 Å². The monoisotopic (exact) mass is 250 g/mol. The van der Waals surface area contributed by atoms with E-state index in [0.29, 0.717) is 0 Å². The zero-order valence-corrected chi connectivity index (χ0v) is 9.77. The summed E-state index contributed by atoms with van der Waals surface area (Å²) in [5.41, 5.74) is 16.0. The van der Waals surface area contributed by atoms with Crippen molar-refractivity contribution in [1.29, 1.82) is 0 Å². The van der Waals surface area contributed by atoms with Crippen molar-refractivity contribution in [2.45, 2.75) is 13.0 Å². The SMILES string of the molecule is C[C@H](N)C(=O)Nc1cc(C(N)=O)cc(C(N)=O)c1. The molecule has 0 unspecified atom stereocenters. The minimum atomic E-state index is -0.727. The van der Waals surface area contributed by atoms with Gasteiger partial charge < -0.3 is 22.5 Å². The van der Waals surface area contributed by atoms with Gasteiger partial charge in [-0.2, -0.15) is 0 Å². The van der Waals surface area contributed by atoms with E-state index in [1.165, 1.54) is 25.1 Å². The Kier molecular flexibility index (Phi) is 4.01. The lowest BCUT2D eigenvalue weighted by Gasteiger charge is -2.10. The van der Waals surface area contributed by atoms with Crippen molar-refractivity contribution in [2.24, 2.45) is 17.2 Å². The summed E-state index contributed by atoms with van der Waals surface area (Å²) in [6, 6.07) is 3.22. The van der Waals surface area contributed by atoms with Crippen molar-refractivity contribution in [3.63, 3.8) is 0 Å². The number of hydrogen-bond acceptors (Lipinski definition) is 4. The van der Waals surface area contributed by atoms with Crippen LogP contribution in [0.5, 0.6) is 0 Å². The van der Waals surface area contributed by atoms with Gasteiger partial charge in [-0.15, -0.1) is 0 Å². The van der Waals surface area contributed by atoms with Crippen molar-refractivity contribution in [3.8, 4) is 0 Å². The van der Waals surface area contributed by atoms with E-state index in [9.17, 15) is 14.4 Å². The second-order valence-corrected chi connectivity index (χ2v) is 3.81. The maximum absolute atomic E-state index is 11.4. The molecule has 0 fully saturated rings. The van der Waals surface area contributed by atoms with Gasteiger partial charge in [-0.3, -0.25) is 14.4 Å². The predicted octanol–water partition coefficient (Wildman–Crippen LogP) is -0.830. The molecule has 96 valence electrons. The van der Waals surface area contributed by atoms with E-state index in [2.05, 4.69) is 5.32 Å². The van der Waals surface area contributed by atoms with Crippen LogP contribution >= 0.6 is 0 Å². The van der Waals surface area contributed by atoms with Crippen LogP contribution in [0.25, 0.3) is 0 Å². The van der Waals surface area contributed by atoms with Crippen LogP contribution < -0.4 is 22.5 Å². The summed E-state index contributed by atoms with van der Waals surface area (Å²) in [5.74, 6) is -1.91. The molecule has 0 saturated carbocycles. The summed E-state index contributed by atoms with van der Waals surface area (Å²) >= 11 is 0. The number of nitrogens with two attached hydrogens (primary N) is 3. The van der Waals surface area contributed by atoms with Crippen LogP contribution in [-0.4, -0.2) is 23.8 Å². The average molecular weight is 250 g/mol. The molecule has 0 aromatic heterocycles. The zero-order chi connectivity index (χ0) is 13.9. The molecule has 7 heteroatoms. The van der Waals surface area contributed by atoms with Crippen molar-refractivity contribution in [2.75, 3.05) is 5.32 Å². The lowest BCUT2D eigenvalue weighted by Crippen LogP contribution is -2.32. The number of primary amides is 2. The minimum absolute atomic E-state index is 0.0753. The van der Waals surface area contributed by atoms with Crippen molar-refractivity contribution < 1.29 is 14.4 Å². The van der Waals surface area contributed by atoms with Crippen molar-refractivity contribution >= 4 is 23.4 Å². The summed E-state index contributed by atoms with van der Waals surface area (Å²) in [6.45, 7) is 1.50. The van der Waals surface area contributed by atoms with Crippen LogP contribution in [0.1, 0.15) is 27.6 Å². The smallest absolute Gasteiger partial charge is 0.248 e. The van der Waals surface area contributed by atoms with E-state index in [0.717, 1.165) is 0 Å². The van der Waals surface area contributed by atoms with E-state index in [1.807, 2.05) is 0 Å². The third-order valence-electron chi connectivity index (χ3n) is 2.18. The highest BCUT2D eigenvalue weighted by Gasteiger charge is 2.12. The van der Waals surface area contributed by atoms with Gasteiger partial charge in [-0.05, 0) is 25.1 Å². The quantitative estimate of drug-likeness (QED) is 0.553. The van der Waals surface area contributed by atoms with Gasteiger partial charge in [0, 0.05) is 16.8 Å². The number of carbonyl (C=O) groups is 3. The molecule has 1 rings (SSSR count). The van der Waals surface area contributed by atoms with Crippen molar-refractivity contribution in [3.05, 3.63) is 29.3 Å². The molecule has 3 amide bonds. The van der Waals surface area contributed by atoms with Crippen LogP contribution in [0, 0.1) is 0 Å². The predicted molar refractivity (Wildman–Crippen MR) is 65.8 cm³/mol. The molecule has 7 N–H and O–H groups in total. The average Bonchev–Trinajstić information content (AvgIpc) is 2.28. The van der Waals surface area contributed by atoms with Crippen molar-refractivity contribution in [1.82, 2.24) is 0 Å². The van der Waals surface area contributed by atoms with Crippen LogP contribution in [0.3, 0.4) is 0 Å². The molecule has 1 atom stereocenters. The Morgan fingerprint density at radius 2 is 1.50 bits per heavy atom. The molecule has 0 aliphatic rings. The first-order valence-corrected chi connectivity index (χ1v) is 5.12. The number of rotatable bonds is 4. The number of nitrogens with one attached hydrogen (secondary N) is 1. The highest BCUT2D eigenvalue weighted by atomic mass is 16.2. The Bertz CT molecular complexity index is 479. The van der Waals surface area contributed by atoms with Gasteiger partial charge in [0.1, 0.15) is 0 Å². The van der Waals surface area contributed by atoms with Gasteiger partial charge in [0.25, 0.3) is 0 Å². The molecule has 0 saturated heterocycles. The third kappa shape index (κ3) is 3.29. The molecular formula is C11H14N4O3. The minimum Gasteiger partial charge on any atom is -0.366 e. The van der Waals surface area contributed by atoms with Gasteiger partial charge >= 0.3 is 0 Å². The molecule has 1 aromatic carbocycles. The summed E-state index contributed by atoms with van der Waals surface area (Å²) < 4.78 is 0. The molecule has 7 nitrogen and oxygen atoms in total. The Morgan fingerprint density at radius 1 is 1.06 bits per heavy atom. The fraction of sp³-hybridized carbons (Fsp3) is 0.182. The van der Waals surface area contributed by atoms with E-state index >= 15 is 0 Å². The Balaban J connectivity index is 3.15. The molecule has 0 heterocycles. The van der Waals surface area contributed by atoms with E-state index in [4.69, 9.17) is 17.2 Å². The molecule has 0 spiro atoms. The largest absolute Gasteiger partial charge is 0.366 e. The molecule has 0 aliphatic carbocycles. The first-order chi connectivity index (χ1) is 8.31. The molecule has 1 aromatic rings. The highest BCUT2D eigenvalue weighted by Crippen LogP contribution is 2.15. The second-order valence-electron chi connectivity index (χ2n) is 3.81. The lowest BCUT2D eigenvalue weighted by atomic mass is 10.1. The Morgan fingerprint density at radius 3 is 1.83 bits per heavy atom. The van der Waals surface area contributed by atoms with Gasteiger partial charge in [0.2, 0.25) is 17.7 Å². The maximum atomic E-state index is 11.4. The van der Waals surface area contributed by atoms with E-state index < -0.39 is 23.8 Å². The summed E-state index contributed by atoms with van der Waals surface area (Å²) in [7, 11) is 0. The number of carbonyl (C=O) groups excluding carboxylic acids is 3. The first kappa shape index (κ1) is 13.7. The molecular weight excluding hydrogens is 236 g/mol. The number of hydrogen-bond donors (Lipinski definition) is 4. The Hall–Kier alpha value is -2.41. The van der Waals surface area contributed by atoms with Crippen LogP contribution in [0.2, 0.25) is 0 Å². The normalized spacial score (nSPS) is 11.7. The van der Waals surface area contributed by atoms with Crippen LogP contribution in [0.15, 0.2) is 18.2 Å². The summed E-state index contributed by atoms with van der Waals surface area (Å²) in [4.78, 5) is 33.6. The first-order valence-electron chi connectivity index (χ1n) is 5.12. The van der Waals surface area contributed by atoms with Gasteiger partial charge in [-0.25, -0.2) is 0 Å². The second kappa shape index (κ2) is 5.28. The molecule has 0 bridgehead atoms. The zero-order valence-electron chi connectivity index (χ0n) is 9.77. The number of amides is 3.